The molecule has 0 spiro atoms. The SMILES string of the molecule is CC(=O)c1ccc(S(=O)(=O)Nc2cccc3c2OCCC3)cc1. The third kappa shape index (κ3) is 3.22. The highest BCUT2D eigenvalue weighted by molar-refractivity contribution is 7.92. The van der Waals surface area contributed by atoms with Crippen LogP contribution >= 0.6 is 0 Å². The van der Waals surface area contributed by atoms with Gasteiger partial charge >= 0.3 is 0 Å². The minimum atomic E-state index is -3.73. The van der Waals surface area contributed by atoms with Gasteiger partial charge in [0.1, 0.15) is 5.75 Å². The molecule has 2 aromatic carbocycles. The zero-order chi connectivity index (χ0) is 16.4. The Morgan fingerprint density at radius 3 is 2.57 bits per heavy atom. The second-order valence-corrected chi connectivity index (χ2v) is 7.11. The molecule has 0 bridgehead atoms. The van der Waals surface area contributed by atoms with Crippen LogP contribution in [0.5, 0.6) is 5.75 Å². The van der Waals surface area contributed by atoms with Crippen LogP contribution < -0.4 is 9.46 Å². The van der Waals surface area contributed by atoms with Gasteiger partial charge < -0.3 is 4.74 Å². The predicted molar refractivity (Wildman–Crippen MR) is 87.5 cm³/mol. The highest BCUT2D eigenvalue weighted by Crippen LogP contribution is 2.34. The van der Waals surface area contributed by atoms with Crippen molar-refractivity contribution in [2.75, 3.05) is 11.3 Å². The quantitative estimate of drug-likeness (QED) is 0.874. The van der Waals surface area contributed by atoms with Gasteiger partial charge in [0.05, 0.1) is 17.2 Å². The zero-order valence-corrected chi connectivity index (χ0v) is 13.5. The molecule has 0 radical (unpaired) electrons. The lowest BCUT2D eigenvalue weighted by Crippen LogP contribution is -2.16. The van der Waals surface area contributed by atoms with E-state index in [-0.39, 0.29) is 10.7 Å². The molecule has 23 heavy (non-hydrogen) atoms. The molecular weight excluding hydrogens is 314 g/mol. The Morgan fingerprint density at radius 2 is 1.87 bits per heavy atom. The molecule has 0 saturated heterocycles. The van der Waals surface area contributed by atoms with Crippen LogP contribution in [0.4, 0.5) is 5.69 Å². The van der Waals surface area contributed by atoms with Crippen molar-refractivity contribution in [2.24, 2.45) is 0 Å². The molecular formula is C17H17NO4S. The fourth-order valence-electron chi connectivity index (χ4n) is 2.54. The molecule has 120 valence electrons. The number of Topliss-reactive ketones (excluding diaryl/α,β-unsaturated/α-hetero) is 1. The second-order valence-electron chi connectivity index (χ2n) is 5.43. The number of hydrogen-bond acceptors (Lipinski definition) is 4. The van der Waals surface area contributed by atoms with Crippen molar-refractivity contribution in [2.45, 2.75) is 24.7 Å². The van der Waals surface area contributed by atoms with Crippen LogP contribution in [-0.2, 0) is 16.4 Å². The standard InChI is InChI=1S/C17H17NO4S/c1-12(19)13-7-9-15(10-8-13)23(20,21)18-16-6-2-4-14-5-3-11-22-17(14)16/h2,4,6-10,18H,3,5,11H2,1H3. The molecule has 3 rings (SSSR count). The van der Waals surface area contributed by atoms with Crippen molar-refractivity contribution in [3.8, 4) is 5.75 Å². The van der Waals surface area contributed by atoms with E-state index in [9.17, 15) is 13.2 Å². The van der Waals surface area contributed by atoms with Gasteiger partial charge in [0, 0.05) is 5.56 Å². The largest absolute Gasteiger partial charge is 0.491 e. The number of hydrogen-bond donors (Lipinski definition) is 1. The lowest BCUT2D eigenvalue weighted by molar-refractivity contribution is 0.101. The molecule has 0 atom stereocenters. The summed E-state index contributed by atoms with van der Waals surface area (Å²) in [6.45, 7) is 2.02. The maximum Gasteiger partial charge on any atom is 0.262 e. The van der Waals surface area contributed by atoms with E-state index in [1.165, 1.54) is 31.2 Å². The average molecular weight is 331 g/mol. The summed E-state index contributed by atoms with van der Waals surface area (Å²) < 4.78 is 33.2. The van der Waals surface area contributed by atoms with Crippen LogP contribution in [0.3, 0.4) is 0 Å². The number of sulfonamides is 1. The smallest absolute Gasteiger partial charge is 0.262 e. The van der Waals surface area contributed by atoms with Crippen LogP contribution in [0.15, 0.2) is 47.4 Å². The maximum atomic E-state index is 12.5. The molecule has 1 aliphatic heterocycles. The highest BCUT2D eigenvalue weighted by atomic mass is 32.2. The Bertz CT molecular complexity index is 841. The molecule has 5 nitrogen and oxygen atoms in total. The molecule has 2 aromatic rings. The highest BCUT2D eigenvalue weighted by Gasteiger charge is 2.20. The Hall–Kier alpha value is -2.34. The van der Waals surface area contributed by atoms with Gasteiger partial charge in [-0.1, -0.05) is 24.3 Å². The maximum absolute atomic E-state index is 12.5. The summed E-state index contributed by atoms with van der Waals surface area (Å²) in [5, 5.41) is 0. The number of rotatable bonds is 4. The van der Waals surface area contributed by atoms with Gasteiger partial charge in [-0.05, 0) is 43.5 Å². The van der Waals surface area contributed by atoms with Crippen molar-refractivity contribution in [3.05, 3.63) is 53.6 Å². The summed E-state index contributed by atoms with van der Waals surface area (Å²) in [6, 6.07) is 11.3. The number of aryl methyl sites for hydroxylation is 1. The van der Waals surface area contributed by atoms with Crippen molar-refractivity contribution < 1.29 is 17.9 Å². The van der Waals surface area contributed by atoms with Gasteiger partial charge in [-0.2, -0.15) is 0 Å². The van der Waals surface area contributed by atoms with Crippen molar-refractivity contribution in [1.82, 2.24) is 0 Å². The van der Waals surface area contributed by atoms with E-state index < -0.39 is 10.0 Å². The molecule has 0 amide bonds. The van der Waals surface area contributed by atoms with Crippen LogP contribution in [0.25, 0.3) is 0 Å². The van der Waals surface area contributed by atoms with Crippen LogP contribution in [-0.4, -0.2) is 20.8 Å². The van der Waals surface area contributed by atoms with E-state index >= 15 is 0 Å². The van der Waals surface area contributed by atoms with E-state index in [2.05, 4.69) is 4.72 Å². The lowest BCUT2D eigenvalue weighted by Gasteiger charge is -2.20. The van der Waals surface area contributed by atoms with Gasteiger partial charge in [0.2, 0.25) is 0 Å². The average Bonchev–Trinajstić information content (AvgIpc) is 2.55. The molecule has 6 heteroatoms. The third-order valence-corrected chi connectivity index (χ3v) is 5.13. The minimum Gasteiger partial charge on any atom is -0.491 e. The number of carbonyl (C=O) groups is 1. The fraction of sp³-hybridized carbons (Fsp3) is 0.235. The molecule has 1 N–H and O–H groups in total. The topological polar surface area (TPSA) is 72.5 Å². The van der Waals surface area contributed by atoms with E-state index in [1.54, 1.807) is 6.07 Å². The molecule has 0 saturated carbocycles. The minimum absolute atomic E-state index is 0.104. The summed E-state index contributed by atoms with van der Waals surface area (Å²) in [5.74, 6) is 0.495. The summed E-state index contributed by atoms with van der Waals surface area (Å²) in [5.41, 5.74) is 1.92. The molecule has 0 aliphatic carbocycles. The van der Waals surface area contributed by atoms with E-state index in [0.717, 1.165) is 18.4 Å². The van der Waals surface area contributed by atoms with Gasteiger partial charge in [0.15, 0.2) is 5.78 Å². The Kier molecular flexibility index (Phi) is 4.09. The molecule has 0 unspecified atom stereocenters. The van der Waals surface area contributed by atoms with Crippen LogP contribution in [0.1, 0.15) is 29.3 Å². The van der Waals surface area contributed by atoms with Gasteiger partial charge in [-0.3, -0.25) is 9.52 Å². The summed E-state index contributed by atoms with van der Waals surface area (Å²) in [6.07, 6.45) is 1.80. The summed E-state index contributed by atoms with van der Waals surface area (Å²) >= 11 is 0. The Balaban J connectivity index is 1.91. The number of ether oxygens (including phenoxy) is 1. The van der Waals surface area contributed by atoms with E-state index in [0.29, 0.717) is 23.6 Å². The first kappa shape index (κ1) is 15.6. The molecule has 0 aromatic heterocycles. The summed E-state index contributed by atoms with van der Waals surface area (Å²) in [4.78, 5) is 11.4. The van der Waals surface area contributed by atoms with Crippen LogP contribution in [0, 0.1) is 0 Å². The normalized spacial score (nSPS) is 13.8. The summed E-state index contributed by atoms with van der Waals surface area (Å²) in [7, 11) is -3.73. The number of para-hydroxylation sites is 1. The number of anilines is 1. The van der Waals surface area contributed by atoms with Gasteiger partial charge in [0.25, 0.3) is 10.0 Å². The number of ketones is 1. The first-order chi connectivity index (χ1) is 11.0. The fourth-order valence-corrected chi connectivity index (χ4v) is 3.60. The van der Waals surface area contributed by atoms with Crippen molar-refractivity contribution >= 4 is 21.5 Å². The van der Waals surface area contributed by atoms with Gasteiger partial charge in [-0.25, -0.2) is 8.42 Å². The lowest BCUT2D eigenvalue weighted by atomic mass is 10.1. The van der Waals surface area contributed by atoms with Crippen molar-refractivity contribution in [1.29, 1.82) is 0 Å². The van der Waals surface area contributed by atoms with Crippen LogP contribution in [0.2, 0.25) is 0 Å². The number of benzene rings is 2. The number of nitrogens with one attached hydrogen (secondary N) is 1. The van der Waals surface area contributed by atoms with E-state index in [4.69, 9.17) is 4.74 Å². The third-order valence-electron chi connectivity index (χ3n) is 3.75. The number of carbonyl (C=O) groups excluding carboxylic acids is 1. The first-order valence-corrected chi connectivity index (χ1v) is 8.84. The molecule has 1 heterocycles. The number of fused-ring (bicyclic) bond motifs is 1. The Morgan fingerprint density at radius 1 is 1.13 bits per heavy atom. The van der Waals surface area contributed by atoms with Crippen molar-refractivity contribution in [3.63, 3.8) is 0 Å². The molecule has 1 aliphatic rings. The first-order valence-electron chi connectivity index (χ1n) is 7.36. The Labute approximate surface area is 135 Å². The monoisotopic (exact) mass is 331 g/mol. The van der Waals surface area contributed by atoms with Gasteiger partial charge in [-0.15, -0.1) is 0 Å². The predicted octanol–water partition coefficient (Wildman–Crippen LogP) is 3.02. The van der Waals surface area contributed by atoms with E-state index in [1.807, 2.05) is 12.1 Å². The molecule has 0 fully saturated rings. The zero-order valence-electron chi connectivity index (χ0n) is 12.7. The second kappa shape index (κ2) is 6.04.